The van der Waals surface area contributed by atoms with Crippen LogP contribution in [0.1, 0.15) is 0 Å². The number of nitrogens with zero attached hydrogens (tertiary/aromatic N) is 1. The highest BCUT2D eigenvalue weighted by Gasteiger charge is 2.21. The van der Waals surface area contributed by atoms with Crippen LogP contribution in [0, 0.1) is 0 Å². The summed E-state index contributed by atoms with van der Waals surface area (Å²) < 4.78 is 6.70. The zero-order valence-corrected chi connectivity index (χ0v) is 26.3. The first-order chi connectivity index (χ1) is 23.8. The fourth-order valence-electron chi connectivity index (χ4n) is 6.89. The summed E-state index contributed by atoms with van der Waals surface area (Å²) in [6.07, 6.45) is 0. The van der Waals surface area contributed by atoms with E-state index in [1.54, 1.807) is 0 Å². The predicted octanol–water partition coefficient (Wildman–Crippen LogP) is 13.2. The molecule has 0 unspecified atom stereocenters. The summed E-state index contributed by atoms with van der Waals surface area (Å²) in [7, 11) is 0. The molecule has 2 heteroatoms. The molecule has 0 aliphatic rings. The normalized spacial score (nSPS) is 11.3. The second kappa shape index (κ2) is 11.8. The molecule has 9 aromatic rings. The fourth-order valence-corrected chi connectivity index (χ4v) is 6.89. The summed E-state index contributed by atoms with van der Waals surface area (Å²) in [6, 6.07) is 66.9. The van der Waals surface area contributed by atoms with Crippen molar-refractivity contribution in [2.75, 3.05) is 4.90 Å². The largest absolute Gasteiger partial charge is 0.455 e. The Bertz CT molecular complexity index is 2430. The van der Waals surface area contributed by atoms with E-state index in [0.29, 0.717) is 0 Å². The lowest BCUT2D eigenvalue weighted by atomic mass is 9.96. The quantitative estimate of drug-likeness (QED) is 0.185. The molecule has 0 fully saturated rings. The van der Waals surface area contributed by atoms with Crippen molar-refractivity contribution in [2.45, 2.75) is 0 Å². The molecular formula is C46H31NO. The molecule has 0 saturated carbocycles. The monoisotopic (exact) mass is 613 g/mol. The van der Waals surface area contributed by atoms with Gasteiger partial charge in [0, 0.05) is 27.5 Å². The van der Waals surface area contributed by atoms with Crippen molar-refractivity contribution >= 4 is 49.8 Å². The molecule has 0 amide bonds. The number of hydrogen-bond donors (Lipinski definition) is 0. The molecule has 2 nitrogen and oxygen atoms in total. The molecule has 0 aliphatic heterocycles. The second-order valence-electron chi connectivity index (χ2n) is 12.2. The topological polar surface area (TPSA) is 16.4 Å². The van der Waals surface area contributed by atoms with Gasteiger partial charge in [0.25, 0.3) is 0 Å². The second-order valence-corrected chi connectivity index (χ2v) is 12.2. The number of rotatable bonds is 6. The molecule has 0 saturated heterocycles. The van der Waals surface area contributed by atoms with E-state index in [1.165, 1.54) is 27.8 Å². The molecular weight excluding hydrogens is 583 g/mol. The number of anilines is 3. The first-order valence-corrected chi connectivity index (χ1v) is 16.3. The molecule has 1 heterocycles. The Labute approximate surface area is 279 Å². The number of benzene rings is 8. The van der Waals surface area contributed by atoms with Crippen LogP contribution in [0.2, 0.25) is 0 Å². The Morgan fingerprint density at radius 2 is 0.833 bits per heavy atom. The van der Waals surface area contributed by atoms with Crippen molar-refractivity contribution < 1.29 is 4.42 Å². The number of hydrogen-bond acceptors (Lipinski definition) is 2. The summed E-state index contributed by atoms with van der Waals surface area (Å²) in [4.78, 5) is 2.38. The van der Waals surface area contributed by atoms with Crippen molar-refractivity contribution in [3.63, 3.8) is 0 Å². The van der Waals surface area contributed by atoms with Crippen molar-refractivity contribution in [2.24, 2.45) is 0 Å². The van der Waals surface area contributed by atoms with Crippen LogP contribution in [-0.4, -0.2) is 0 Å². The van der Waals surface area contributed by atoms with E-state index in [0.717, 1.165) is 55.3 Å². The molecule has 226 valence electrons. The van der Waals surface area contributed by atoms with Gasteiger partial charge in [-0.3, -0.25) is 0 Å². The van der Waals surface area contributed by atoms with Crippen LogP contribution in [0.25, 0.3) is 66.1 Å². The highest BCUT2D eigenvalue weighted by atomic mass is 16.3. The van der Waals surface area contributed by atoms with E-state index in [2.05, 4.69) is 187 Å². The number of fused-ring (bicyclic) bond motifs is 5. The molecule has 0 N–H and O–H groups in total. The first-order valence-electron chi connectivity index (χ1n) is 16.3. The zero-order valence-electron chi connectivity index (χ0n) is 26.3. The van der Waals surface area contributed by atoms with Crippen LogP contribution in [0.15, 0.2) is 192 Å². The van der Waals surface area contributed by atoms with Gasteiger partial charge in [0.2, 0.25) is 0 Å². The van der Waals surface area contributed by atoms with Crippen molar-refractivity contribution in [3.8, 4) is 33.4 Å². The van der Waals surface area contributed by atoms with E-state index < -0.39 is 0 Å². The summed E-state index contributed by atoms with van der Waals surface area (Å²) in [6.45, 7) is 0. The molecule has 0 radical (unpaired) electrons. The van der Waals surface area contributed by atoms with E-state index in [9.17, 15) is 0 Å². The Kier molecular flexibility index (Phi) is 6.84. The van der Waals surface area contributed by atoms with Gasteiger partial charge in [-0.15, -0.1) is 0 Å². The van der Waals surface area contributed by atoms with Crippen LogP contribution in [-0.2, 0) is 0 Å². The Hall–Kier alpha value is -6.38. The van der Waals surface area contributed by atoms with Gasteiger partial charge in [-0.1, -0.05) is 140 Å². The highest BCUT2D eigenvalue weighted by Crippen LogP contribution is 2.46. The van der Waals surface area contributed by atoms with Gasteiger partial charge in [0.1, 0.15) is 11.2 Å². The average Bonchev–Trinajstić information content (AvgIpc) is 3.55. The van der Waals surface area contributed by atoms with Gasteiger partial charge in [0.05, 0.1) is 5.69 Å². The molecule has 48 heavy (non-hydrogen) atoms. The molecule has 1 aromatic heterocycles. The summed E-state index contributed by atoms with van der Waals surface area (Å²) in [5, 5.41) is 4.46. The van der Waals surface area contributed by atoms with Crippen LogP contribution in [0.4, 0.5) is 17.1 Å². The third kappa shape index (κ3) is 4.92. The highest BCUT2D eigenvalue weighted by molar-refractivity contribution is 6.20. The minimum absolute atomic E-state index is 0.893. The average molecular weight is 614 g/mol. The molecule has 8 aromatic carbocycles. The lowest BCUT2D eigenvalue weighted by Gasteiger charge is -2.28. The van der Waals surface area contributed by atoms with E-state index in [1.807, 2.05) is 6.07 Å². The lowest BCUT2D eigenvalue weighted by Crippen LogP contribution is -2.11. The SMILES string of the molecule is c1ccc(-c2ccc(N(c3ccc(-c4ccccc4)cc3)c3cc(-c4ccccc4)cc4ccc5c6ccccc6oc5c34)cc2)cc1. The molecule has 0 atom stereocenters. The predicted molar refractivity (Wildman–Crippen MR) is 202 cm³/mol. The van der Waals surface area contributed by atoms with Gasteiger partial charge in [-0.05, 0) is 87.3 Å². The van der Waals surface area contributed by atoms with E-state index in [4.69, 9.17) is 4.42 Å². The minimum atomic E-state index is 0.893. The number of para-hydroxylation sites is 1. The van der Waals surface area contributed by atoms with Crippen LogP contribution >= 0.6 is 0 Å². The van der Waals surface area contributed by atoms with E-state index >= 15 is 0 Å². The van der Waals surface area contributed by atoms with Crippen LogP contribution in [0.3, 0.4) is 0 Å². The maximum atomic E-state index is 6.70. The summed E-state index contributed by atoms with van der Waals surface area (Å²) >= 11 is 0. The Balaban J connectivity index is 1.32. The number of furan rings is 1. The summed E-state index contributed by atoms with van der Waals surface area (Å²) in [5.74, 6) is 0. The fraction of sp³-hybridized carbons (Fsp3) is 0. The van der Waals surface area contributed by atoms with Crippen LogP contribution < -0.4 is 4.90 Å². The third-order valence-electron chi connectivity index (χ3n) is 9.25. The van der Waals surface area contributed by atoms with Gasteiger partial charge >= 0.3 is 0 Å². The summed E-state index contributed by atoms with van der Waals surface area (Å²) in [5.41, 5.74) is 12.1. The van der Waals surface area contributed by atoms with E-state index in [-0.39, 0.29) is 0 Å². The molecule has 0 aliphatic carbocycles. The molecule has 9 rings (SSSR count). The zero-order chi connectivity index (χ0) is 31.9. The van der Waals surface area contributed by atoms with Gasteiger partial charge in [-0.2, -0.15) is 0 Å². The minimum Gasteiger partial charge on any atom is -0.455 e. The lowest BCUT2D eigenvalue weighted by molar-refractivity contribution is 0.672. The van der Waals surface area contributed by atoms with Gasteiger partial charge < -0.3 is 9.32 Å². The van der Waals surface area contributed by atoms with Gasteiger partial charge in [0.15, 0.2) is 0 Å². The first kappa shape index (κ1) is 27.9. The molecule has 0 spiro atoms. The Morgan fingerprint density at radius 3 is 1.40 bits per heavy atom. The third-order valence-corrected chi connectivity index (χ3v) is 9.25. The van der Waals surface area contributed by atoms with Crippen LogP contribution in [0.5, 0.6) is 0 Å². The van der Waals surface area contributed by atoms with Crippen molar-refractivity contribution in [3.05, 3.63) is 188 Å². The smallest absolute Gasteiger partial charge is 0.145 e. The standard InChI is InChI=1S/C46H31NO/c1-4-12-32(13-5-1)35-20-25-39(26-21-35)47(40-27-22-36(23-28-40)33-14-6-2-7-15-33)43-31-38(34-16-8-3-9-17-34)30-37-24-29-42-41-18-10-11-19-44(41)48-46(42)45(37)43/h1-31H. The molecule has 0 bridgehead atoms. The van der Waals surface area contributed by atoms with Crippen molar-refractivity contribution in [1.29, 1.82) is 0 Å². The maximum absolute atomic E-state index is 6.70. The van der Waals surface area contributed by atoms with Gasteiger partial charge in [-0.25, -0.2) is 0 Å². The van der Waals surface area contributed by atoms with Crippen molar-refractivity contribution in [1.82, 2.24) is 0 Å². The maximum Gasteiger partial charge on any atom is 0.145 e. The Morgan fingerprint density at radius 1 is 0.354 bits per heavy atom.